The van der Waals surface area contributed by atoms with E-state index in [0.29, 0.717) is 30.5 Å². The van der Waals surface area contributed by atoms with E-state index in [1.807, 2.05) is 25.9 Å². The van der Waals surface area contributed by atoms with Crippen LogP contribution in [0.5, 0.6) is 0 Å². The molecule has 0 saturated carbocycles. The molecule has 1 aliphatic rings. The number of hydrogen-bond acceptors (Lipinski definition) is 7. The first-order valence-electron chi connectivity index (χ1n) is 9.40. The summed E-state index contributed by atoms with van der Waals surface area (Å²) in [6.45, 7) is 3.76. The van der Waals surface area contributed by atoms with E-state index in [-0.39, 0.29) is 5.92 Å². The van der Waals surface area contributed by atoms with Gasteiger partial charge in [-0.25, -0.2) is 4.98 Å². The molecule has 3 rings (SSSR count). The quantitative estimate of drug-likeness (QED) is 0.651. The summed E-state index contributed by atoms with van der Waals surface area (Å²) in [5.41, 5.74) is 8.08. The van der Waals surface area contributed by atoms with Gasteiger partial charge < -0.3 is 20.7 Å². The van der Waals surface area contributed by atoms with Gasteiger partial charge in [0.05, 0.1) is 18.5 Å². The van der Waals surface area contributed by atoms with Crippen molar-refractivity contribution >= 4 is 35.5 Å². The highest BCUT2D eigenvalue weighted by Crippen LogP contribution is 2.29. The largest absolute Gasteiger partial charge is 0.381 e. The molecule has 9 nitrogen and oxygen atoms in total. The molecule has 1 aromatic heterocycles. The molecule has 154 valence electrons. The summed E-state index contributed by atoms with van der Waals surface area (Å²) in [5.74, 6) is 0.687. The zero-order chi connectivity index (χ0) is 21.0. The predicted octanol–water partition coefficient (Wildman–Crippen LogP) is 1.69. The lowest BCUT2D eigenvalue weighted by Crippen LogP contribution is -2.31. The number of benzene rings is 1. The number of rotatable bonds is 8. The van der Waals surface area contributed by atoms with Crippen LogP contribution in [-0.2, 0) is 9.53 Å². The van der Waals surface area contributed by atoms with Crippen molar-refractivity contribution in [3.8, 4) is 0 Å². The summed E-state index contributed by atoms with van der Waals surface area (Å²) in [7, 11) is 3.76. The molecule has 1 aromatic carbocycles. The number of anilines is 4. The van der Waals surface area contributed by atoms with Gasteiger partial charge in [0.1, 0.15) is 0 Å². The van der Waals surface area contributed by atoms with Gasteiger partial charge >= 0.3 is 0 Å². The minimum atomic E-state index is -0.481. The molecule has 0 bridgehead atoms. The van der Waals surface area contributed by atoms with Crippen LogP contribution in [-0.4, -0.2) is 56.1 Å². The molecule has 1 saturated heterocycles. The van der Waals surface area contributed by atoms with E-state index in [2.05, 4.69) is 15.3 Å². The lowest BCUT2D eigenvalue weighted by molar-refractivity contribution is -0.107. The fourth-order valence-electron chi connectivity index (χ4n) is 3.22. The van der Waals surface area contributed by atoms with E-state index < -0.39 is 5.91 Å². The Bertz CT molecular complexity index is 896. The van der Waals surface area contributed by atoms with Crippen LogP contribution < -0.4 is 20.9 Å². The number of primary amides is 1. The van der Waals surface area contributed by atoms with Crippen LogP contribution in [0.15, 0.2) is 24.4 Å². The maximum Gasteiger partial charge on any atom is 0.248 e. The van der Waals surface area contributed by atoms with E-state index in [4.69, 9.17) is 10.5 Å². The predicted molar refractivity (Wildman–Crippen MR) is 112 cm³/mol. The molecular formula is C20H26N6O3. The highest BCUT2D eigenvalue weighted by atomic mass is 16.5. The maximum absolute atomic E-state index is 11.8. The highest BCUT2D eigenvalue weighted by Gasteiger charge is 2.23. The van der Waals surface area contributed by atoms with Crippen LogP contribution in [0.25, 0.3) is 0 Å². The zero-order valence-corrected chi connectivity index (χ0v) is 16.9. The van der Waals surface area contributed by atoms with E-state index >= 15 is 0 Å². The van der Waals surface area contributed by atoms with Crippen LogP contribution >= 0.6 is 0 Å². The van der Waals surface area contributed by atoms with Crippen LogP contribution in [0.1, 0.15) is 22.3 Å². The van der Waals surface area contributed by atoms with E-state index in [1.165, 1.54) is 0 Å². The van der Waals surface area contributed by atoms with Gasteiger partial charge in [-0.1, -0.05) is 0 Å². The Morgan fingerprint density at radius 2 is 2.21 bits per heavy atom. The molecule has 0 spiro atoms. The van der Waals surface area contributed by atoms with Gasteiger partial charge in [-0.15, -0.1) is 0 Å². The van der Waals surface area contributed by atoms with Crippen molar-refractivity contribution in [2.75, 3.05) is 49.0 Å². The summed E-state index contributed by atoms with van der Waals surface area (Å²) < 4.78 is 5.43. The minimum Gasteiger partial charge on any atom is -0.381 e. The van der Waals surface area contributed by atoms with Gasteiger partial charge in [0.2, 0.25) is 18.3 Å². The average Bonchev–Trinajstić information content (AvgIpc) is 3.20. The lowest BCUT2D eigenvalue weighted by atomic mass is 10.1. The summed E-state index contributed by atoms with van der Waals surface area (Å²) in [5, 5.41) is 3.16. The number of nitrogens with two attached hydrogens (primary N) is 1. The lowest BCUT2D eigenvalue weighted by Gasteiger charge is -2.25. The molecule has 1 atom stereocenters. The molecule has 0 radical (unpaired) electrons. The third kappa shape index (κ3) is 4.80. The second-order valence-corrected chi connectivity index (χ2v) is 7.30. The number of hydrogen-bond donors (Lipinski definition) is 2. The second kappa shape index (κ2) is 8.87. The van der Waals surface area contributed by atoms with Gasteiger partial charge in [0, 0.05) is 44.4 Å². The van der Waals surface area contributed by atoms with Crippen molar-refractivity contribution in [3.63, 3.8) is 0 Å². The standard InChI is InChI=1S/C20H26N6O3/c1-13-8-15(18(21)28)4-5-16(13)23-20-22-9-17(25(2)3)19(24-20)26(12-27)10-14-6-7-29-11-14/h4-5,8-9,12,14H,6-7,10-11H2,1-3H3,(H2,21,28)(H,22,23,24). The van der Waals surface area contributed by atoms with Crippen LogP contribution in [0.4, 0.5) is 23.1 Å². The van der Waals surface area contributed by atoms with Gasteiger partial charge in [-0.2, -0.15) is 4.98 Å². The Kier molecular flexibility index (Phi) is 6.28. The van der Waals surface area contributed by atoms with Gasteiger partial charge in [-0.05, 0) is 37.1 Å². The molecule has 1 unspecified atom stereocenters. The molecule has 1 aliphatic heterocycles. The SMILES string of the molecule is Cc1cc(C(N)=O)ccc1Nc1ncc(N(C)C)c(N(C=O)CC2CCOC2)n1. The van der Waals surface area contributed by atoms with Crippen molar-refractivity contribution in [3.05, 3.63) is 35.5 Å². The molecule has 2 aromatic rings. The number of ether oxygens (including phenoxy) is 1. The molecule has 1 fully saturated rings. The van der Waals surface area contributed by atoms with Crippen LogP contribution in [0.2, 0.25) is 0 Å². The zero-order valence-electron chi connectivity index (χ0n) is 16.9. The summed E-state index contributed by atoms with van der Waals surface area (Å²) in [4.78, 5) is 35.6. The Morgan fingerprint density at radius 1 is 1.41 bits per heavy atom. The number of aryl methyl sites for hydroxylation is 1. The number of nitrogens with one attached hydrogen (secondary N) is 1. The maximum atomic E-state index is 11.8. The van der Waals surface area contributed by atoms with Crippen molar-refractivity contribution in [2.45, 2.75) is 13.3 Å². The summed E-state index contributed by atoms with van der Waals surface area (Å²) in [6.07, 6.45) is 3.40. The van der Waals surface area contributed by atoms with E-state index in [1.54, 1.807) is 29.3 Å². The first-order chi connectivity index (χ1) is 13.9. The topological polar surface area (TPSA) is 114 Å². The molecule has 2 amide bonds. The fourth-order valence-corrected chi connectivity index (χ4v) is 3.22. The Hall–Kier alpha value is -3.20. The normalized spacial score (nSPS) is 15.8. The fraction of sp³-hybridized carbons (Fsp3) is 0.400. The smallest absolute Gasteiger partial charge is 0.248 e. The minimum absolute atomic E-state index is 0.283. The van der Waals surface area contributed by atoms with Gasteiger partial charge in [0.15, 0.2) is 5.82 Å². The first kappa shape index (κ1) is 20.5. The van der Waals surface area contributed by atoms with E-state index in [9.17, 15) is 9.59 Å². The molecule has 0 aliphatic carbocycles. The van der Waals surface area contributed by atoms with Crippen molar-refractivity contribution in [1.29, 1.82) is 0 Å². The second-order valence-electron chi connectivity index (χ2n) is 7.30. The van der Waals surface area contributed by atoms with Gasteiger partial charge in [0.25, 0.3) is 0 Å². The summed E-state index contributed by atoms with van der Waals surface area (Å²) in [6, 6.07) is 5.11. The van der Waals surface area contributed by atoms with Crippen LogP contribution in [0, 0.1) is 12.8 Å². The number of carbonyl (C=O) groups is 2. The molecule has 2 heterocycles. The first-order valence-corrected chi connectivity index (χ1v) is 9.40. The van der Waals surface area contributed by atoms with Crippen molar-refractivity contribution in [2.24, 2.45) is 11.7 Å². The average molecular weight is 398 g/mol. The number of amides is 2. The number of carbonyl (C=O) groups excluding carboxylic acids is 2. The Morgan fingerprint density at radius 3 is 2.79 bits per heavy atom. The Balaban J connectivity index is 1.89. The van der Waals surface area contributed by atoms with Crippen molar-refractivity contribution in [1.82, 2.24) is 9.97 Å². The molecule has 3 N–H and O–H groups in total. The third-order valence-electron chi connectivity index (χ3n) is 4.87. The third-order valence-corrected chi connectivity index (χ3v) is 4.87. The van der Waals surface area contributed by atoms with E-state index in [0.717, 1.165) is 36.4 Å². The van der Waals surface area contributed by atoms with Crippen molar-refractivity contribution < 1.29 is 14.3 Å². The number of aromatic nitrogens is 2. The van der Waals surface area contributed by atoms with Gasteiger partial charge in [-0.3, -0.25) is 14.5 Å². The molecule has 9 heteroatoms. The molecular weight excluding hydrogens is 372 g/mol. The monoisotopic (exact) mass is 398 g/mol. The molecule has 29 heavy (non-hydrogen) atoms. The highest BCUT2D eigenvalue weighted by molar-refractivity contribution is 5.93. The van der Waals surface area contributed by atoms with Crippen LogP contribution in [0.3, 0.4) is 0 Å². The summed E-state index contributed by atoms with van der Waals surface area (Å²) >= 11 is 0. The Labute approximate surface area is 169 Å². The number of nitrogens with zero attached hydrogens (tertiary/aromatic N) is 4.